The minimum Gasteiger partial charge on any atom is -0.431 e. The maximum Gasteiger partial charge on any atom is 0.573 e. The van der Waals surface area contributed by atoms with Gasteiger partial charge in [0.2, 0.25) is 6.29 Å². The van der Waals surface area contributed by atoms with Crippen molar-refractivity contribution in [1.82, 2.24) is 0 Å². The molecule has 2 heterocycles. The first-order valence-corrected chi connectivity index (χ1v) is 8.00. The van der Waals surface area contributed by atoms with Crippen LogP contribution in [-0.4, -0.2) is 39.7 Å². The summed E-state index contributed by atoms with van der Waals surface area (Å²) in [4.78, 5) is 20.1. The lowest BCUT2D eigenvalue weighted by molar-refractivity contribution is -0.275. The van der Waals surface area contributed by atoms with E-state index in [0.29, 0.717) is 35.8 Å². The lowest BCUT2D eigenvalue weighted by Gasteiger charge is -2.25. The van der Waals surface area contributed by atoms with Gasteiger partial charge < -0.3 is 14.2 Å². The first kappa shape index (κ1) is 17.4. The second-order valence-electron chi connectivity index (χ2n) is 3.96. The van der Waals surface area contributed by atoms with Gasteiger partial charge in [-0.05, 0) is 0 Å². The summed E-state index contributed by atoms with van der Waals surface area (Å²) in [6, 6.07) is 0. The number of carbonyl (C=O) groups excluding carboxylic acids is 2. The molecule has 0 saturated carbocycles. The number of halogens is 3. The zero-order chi connectivity index (χ0) is 17.3. The van der Waals surface area contributed by atoms with E-state index in [-0.39, 0.29) is 0 Å². The molecule has 0 spiro atoms. The van der Waals surface area contributed by atoms with E-state index in [4.69, 9.17) is 9.47 Å². The lowest BCUT2D eigenvalue weighted by Crippen LogP contribution is -2.32. The number of hydrogen-bond donors (Lipinski definition) is 0. The third-order valence-electron chi connectivity index (χ3n) is 2.44. The molecule has 1 saturated heterocycles. The van der Waals surface area contributed by atoms with E-state index in [9.17, 15) is 31.2 Å². The molecule has 0 aliphatic carbocycles. The molecule has 8 nitrogen and oxygen atoms in total. The van der Waals surface area contributed by atoms with Crippen molar-refractivity contribution in [2.75, 3.05) is 6.61 Å². The molecule has 0 radical (unpaired) electrons. The van der Waals surface area contributed by atoms with Crippen LogP contribution < -0.4 is 4.74 Å². The number of rotatable bonds is 5. The fourth-order valence-electron chi connectivity index (χ4n) is 1.49. The van der Waals surface area contributed by atoms with E-state index >= 15 is 0 Å². The Kier molecular flexibility index (Phi) is 4.75. The quantitative estimate of drug-likeness (QED) is 0.438. The van der Waals surface area contributed by atoms with Crippen LogP contribution in [0.2, 0.25) is 0 Å². The van der Waals surface area contributed by atoms with Crippen molar-refractivity contribution >= 4 is 33.4 Å². The monoisotopic (exact) mass is 373 g/mol. The molecule has 13 heteroatoms. The molecule has 1 aliphatic heterocycles. The molecule has 1 unspecified atom stereocenters. The summed E-state index contributed by atoms with van der Waals surface area (Å²) in [7, 11) is -4.93. The number of carbonyl (C=O) groups is 1. The van der Waals surface area contributed by atoms with Crippen LogP contribution in [0.5, 0.6) is 5.75 Å². The van der Waals surface area contributed by atoms with Crippen molar-refractivity contribution < 1.29 is 45.4 Å². The van der Waals surface area contributed by atoms with Gasteiger partial charge in [0.15, 0.2) is 10.6 Å². The summed E-state index contributed by atoms with van der Waals surface area (Å²) in [6.07, 6.45) is -5.08. The van der Waals surface area contributed by atoms with Crippen LogP contribution in [0.4, 0.5) is 13.2 Å². The number of alkyl halides is 3. The van der Waals surface area contributed by atoms with Crippen LogP contribution in [0.3, 0.4) is 0 Å². The average Bonchev–Trinajstić information content (AvgIpc) is 2.75. The van der Waals surface area contributed by atoms with Gasteiger partial charge in [0.1, 0.15) is 4.88 Å². The van der Waals surface area contributed by atoms with Crippen molar-refractivity contribution in [3.8, 4) is 5.75 Å². The number of isocyanates is 1. The van der Waals surface area contributed by atoms with E-state index in [0.717, 1.165) is 0 Å². The van der Waals surface area contributed by atoms with E-state index < -0.39 is 44.2 Å². The molecule has 2 rings (SSSR count). The average molecular weight is 373 g/mol. The Bertz CT molecular complexity index is 760. The summed E-state index contributed by atoms with van der Waals surface area (Å²) in [5.41, 5.74) is 0. The molecule has 0 bridgehead atoms. The predicted molar refractivity (Wildman–Crippen MR) is 66.1 cm³/mol. The number of nitrogens with zero attached hydrogens (tertiary/aromatic N) is 1. The Morgan fingerprint density at radius 2 is 2.13 bits per heavy atom. The zero-order valence-electron chi connectivity index (χ0n) is 10.8. The molecule has 1 aliphatic rings. The minimum atomic E-state index is -5.21. The van der Waals surface area contributed by atoms with E-state index in [2.05, 4.69) is 9.13 Å². The summed E-state index contributed by atoms with van der Waals surface area (Å²) in [5, 5.41) is 0.638. The lowest BCUT2D eigenvalue weighted by atomic mass is 10.3. The highest BCUT2D eigenvalue weighted by Gasteiger charge is 2.38. The topological polar surface area (TPSA) is 108 Å². The Labute approximate surface area is 130 Å². The molecule has 1 aromatic rings. The van der Waals surface area contributed by atoms with Crippen molar-refractivity contribution in [3.05, 3.63) is 10.3 Å². The van der Waals surface area contributed by atoms with E-state index in [1.165, 1.54) is 0 Å². The van der Waals surface area contributed by atoms with Gasteiger partial charge in [0.25, 0.3) is 16.1 Å². The summed E-state index contributed by atoms with van der Waals surface area (Å²) >= 11 is 0.330. The maximum atomic E-state index is 12.3. The van der Waals surface area contributed by atoms with Gasteiger partial charge in [-0.25, -0.2) is 9.59 Å². The number of ether oxygens (including phenoxy) is 3. The van der Waals surface area contributed by atoms with Gasteiger partial charge >= 0.3 is 12.3 Å². The fourth-order valence-corrected chi connectivity index (χ4v) is 3.63. The van der Waals surface area contributed by atoms with Crippen LogP contribution in [-0.2, 0) is 24.3 Å². The second kappa shape index (κ2) is 6.28. The van der Waals surface area contributed by atoms with Gasteiger partial charge in [-0.2, -0.15) is 8.42 Å². The van der Waals surface area contributed by atoms with Crippen LogP contribution >= 0.6 is 11.3 Å². The number of thiophene rings is 1. The van der Waals surface area contributed by atoms with Gasteiger partial charge in [-0.3, -0.25) is 0 Å². The number of sulfonamides is 1. The minimum absolute atomic E-state index is 0.325. The smallest absolute Gasteiger partial charge is 0.431 e. The summed E-state index contributed by atoms with van der Waals surface area (Å²) in [6.45, 7) is 0.325. The zero-order valence-corrected chi connectivity index (χ0v) is 12.5. The fraction of sp³-hybridized carbons (Fsp3) is 0.400. The van der Waals surface area contributed by atoms with Gasteiger partial charge in [0.05, 0.1) is 6.61 Å². The number of esters is 1. The van der Waals surface area contributed by atoms with Crippen molar-refractivity contribution in [1.29, 1.82) is 0 Å². The molecule has 1 atom stereocenters. The summed E-state index contributed by atoms with van der Waals surface area (Å²) in [5.74, 6) is -2.43. The molecule has 23 heavy (non-hydrogen) atoms. The molecule has 0 aromatic carbocycles. The van der Waals surface area contributed by atoms with Crippen molar-refractivity contribution in [3.63, 3.8) is 0 Å². The second-order valence-corrected chi connectivity index (χ2v) is 6.38. The van der Waals surface area contributed by atoms with E-state index in [1.54, 1.807) is 0 Å². The van der Waals surface area contributed by atoms with Gasteiger partial charge in [-0.1, -0.05) is 4.40 Å². The molecule has 1 fully saturated rings. The predicted octanol–water partition coefficient (Wildman–Crippen LogP) is 1.57. The molecular formula is C10H6F3NO7S2. The molecular weight excluding hydrogens is 367 g/mol. The van der Waals surface area contributed by atoms with Crippen LogP contribution in [0.15, 0.2) is 14.7 Å². The van der Waals surface area contributed by atoms with Crippen LogP contribution in [0.1, 0.15) is 16.1 Å². The molecule has 1 aromatic heterocycles. The Balaban J connectivity index is 2.45. The third kappa shape index (κ3) is 4.07. The molecule has 0 amide bonds. The van der Waals surface area contributed by atoms with Crippen molar-refractivity contribution in [2.45, 2.75) is 24.0 Å². The first-order chi connectivity index (χ1) is 10.6. The molecule has 0 N–H and O–H groups in total. The normalized spacial score (nSPS) is 17.8. The first-order valence-electron chi connectivity index (χ1n) is 5.68. The highest BCUT2D eigenvalue weighted by atomic mass is 32.2. The Morgan fingerprint density at radius 3 is 2.61 bits per heavy atom. The Hall–Kier alpha value is -1.95. The highest BCUT2D eigenvalue weighted by Crippen LogP contribution is 2.38. The Morgan fingerprint density at radius 1 is 1.48 bits per heavy atom. The largest absolute Gasteiger partial charge is 0.573 e. The highest BCUT2D eigenvalue weighted by molar-refractivity contribution is 7.90. The van der Waals surface area contributed by atoms with Crippen LogP contribution in [0.25, 0.3) is 0 Å². The SMILES string of the molecule is O=C=NS(=O)(=O)c1c(OC(F)(F)F)csc1C(=O)OC1CCO1. The summed E-state index contributed by atoms with van der Waals surface area (Å²) < 4.78 is 76.1. The van der Waals surface area contributed by atoms with E-state index in [1.807, 2.05) is 0 Å². The molecule has 126 valence electrons. The van der Waals surface area contributed by atoms with Gasteiger partial charge in [0, 0.05) is 11.8 Å². The van der Waals surface area contributed by atoms with Crippen molar-refractivity contribution in [2.24, 2.45) is 4.40 Å². The van der Waals surface area contributed by atoms with Crippen LogP contribution in [0, 0.1) is 0 Å². The maximum absolute atomic E-state index is 12.3. The number of hydrogen-bond acceptors (Lipinski definition) is 8. The van der Waals surface area contributed by atoms with Gasteiger partial charge in [-0.15, -0.1) is 24.5 Å². The third-order valence-corrected chi connectivity index (χ3v) is 4.74. The standard InChI is InChI=1S/C10H6F3NO7S2/c11-10(12,13)21-5-3-22-7(8(5)23(17,18)14-4-15)9(16)20-6-1-2-19-6/h3,6H,1-2H2.